The van der Waals surface area contributed by atoms with Crippen molar-refractivity contribution in [3.8, 4) is 5.75 Å². The molecule has 0 amide bonds. The topological polar surface area (TPSA) is 38.0 Å². The van der Waals surface area contributed by atoms with E-state index < -0.39 is 0 Å². The van der Waals surface area contributed by atoms with Gasteiger partial charge in [-0.05, 0) is 24.2 Å². The van der Waals surface area contributed by atoms with Gasteiger partial charge in [-0.2, -0.15) is 5.10 Å². The Kier molecular flexibility index (Phi) is 1.82. The van der Waals surface area contributed by atoms with E-state index in [2.05, 4.69) is 18.9 Å². The lowest BCUT2D eigenvalue weighted by atomic mass is 9.64. The largest absolute Gasteiger partial charge is 0.505 e. The molecular formula is C10H16N2O. The molecule has 3 heteroatoms. The van der Waals surface area contributed by atoms with Gasteiger partial charge in [0.15, 0.2) is 5.75 Å². The second kappa shape index (κ2) is 2.76. The van der Waals surface area contributed by atoms with E-state index in [9.17, 15) is 0 Å². The van der Waals surface area contributed by atoms with Gasteiger partial charge in [-0.15, -0.1) is 0 Å². The van der Waals surface area contributed by atoms with Crippen LogP contribution in [0.4, 0.5) is 0 Å². The Morgan fingerprint density at radius 1 is 1.62 bits per heavy atom. The monoisotopic (exact) mass is 180 g/mol. The van der Waals surface area contributed by atoms with Crippen LogP contribution >= 0.6 is 0 Å². The summed E-state index contributed by atoms with van der Waals surface area (Å²) < 4.78 is 1.83. The normalized spacial score (nSPS) is 21.4. The van der Waals surface area contributed by atoms with Gasteiger partial charge in [0, 0.05) is 6.54 Å². The molecule has 1 aliphatic rings. The molecule has 2 rings (SSSR count). The average molecular weight is 180 g/mol. The first-order valence-electron chi connectivity index (χ1n) is 4.77. The summed E-state index contributed by atoms with van der Waals surface area (Å²) in [5, 5.41) is 13.1. The maximum atomic E-state index is 9.08. The minimum Gasteiger partial charge on any atom is -0.505 e. The summed E-state index contributed by atoms with van der Waals surface area (Å²) in [5.74, 6) is 1.01. The molecule has 72 valence electrons. The molecule has 1 aromatic heterocycles. The molecule has 0 spiro atoms. The number of aromatic hydroxyl groups is 1. The zero-order valence-corrected chi connectivity index (χ0v) is 8.20. The van der Waals surface area contributed by atoms with E-state index >= 15 is 0 Å². The van der Waals surface area contributed by atoms with Crippen LogP contribution in [0.2, 0.25) is 0 Å². The smallest absolute Gasteiger partial charge is 0.153 e. The van der Waals surface area contributed by atoms with Crippen LogP contribution in [0.15, 0.2) is 12.4 Å². The van der Waals surface area contributed by atoms with Crippen LogP contribution in [-0.2, 0) is 6.54 Å². The van der Waals surface area contributed by atoms with Gasteiger partial charge in [-0.1, -0.05) is 13.8 Å². The van der Waals surface area contributed by atoms with Crippen LogP contribution in [0, 0.1) is 11.3 Å². The minimum atomic E-state index is 0.263. The second-order valence-electron chi connectivity index (χ2n) is 4.86. The number of hydrogen-bond acceptors (Lipinski definition) is 2. The SMILES string of the molecule is CC1(C)CC(Cn2cc(O)cn2)C1. The van der Waals surface area contributed by atoms with Crippen molar-refractivity contribution in [2.45, 2.75) is 33.2 Å². The molecule has 1 saturated carbocycles. The summed E-state index contributed by atoms with van der Waals surface area (Å²) in [6.07, 6.45) is 5.72. The summed E-state index contributed by atoms with van der Waals surface area (Å²) in [7, 11) is 0. The van der Waals surface area contributed by atoms with Crippen LogP contribution in [-0.4, -0.2) is 14.9 Å². The molecule has 0 saturated heterocycles. The molecule has 1 aromatic rings. The highest BCUT2D eigenvalue weighted by Gasteiger charge is 2.35. The third-order valence-electron chi connectivity index (χ3n) is 2.75. The zero-order valence-electron chi connectivity index (χ0n) is 8.20. The van der Waals surface area contributed by atoms with E-state index in [1.807, 2.05) is 4.68 Å². The molecule has 1 aliphatic carbocycles. The Hall–Kier alpha value is -0.990. The number of nitrogens with zero attached hydrogens (tertiary/aromatic N) is 2. The molecule has 0 radical (unpaired) electrons. The number of rotatable bonds is 2. The van der Waals surface area contributed by atoms with E-state index in [4.69, 9.17) is 5.11 Å². The zero-order chi connectivity index (χ0) is 9.47. The lowest BCUT2D eigenvalue weighted by Gasteiger charge is -2.42. The standard InChI is InChI=1S/C10H16N2O/c1-10(2)3-8(4-10)6-12-7-9(13)5-11-12/h5,7-8,13H,3-4,6H2,1-2H3. The Morgan fingerprint density at radius 2 is 2.31 bits per heavy atom. The third-order valence-corrected chi connectivity index (χ3v) is 2.75. The van der Waals surface area contributed by atoms with E-state index in [0.717, 1.165) is 12.5 Å². The predicted octanol–water partition coefficient (Wildman–Crippen LogP) is 2.02. The predicted molar refractivity (Wildman–Crippen MR) is 50.4 cm³/mol. The lowest BCUT2D eigenvalue weighted by Crippen LogP contribution is -2.34. The van der Waals surface area contributed by atoms with Crippen molar-refractivity contribution in [3.05, 3.63) is 12.4 Å². The fourth-order valence-corrected chi connectivity index (χ4v) is 2.35. The Labute approximate surface area is 78.4 Å². The van der Waals surface area contributed by atoms with Crippen LogP contribution < -0.4 is 0 Å². The highest BCUT2D eigenvalue weighted by atomic mass is 16.3. The second-order valence-corrected chi connectivity index (χ2v) is 4.86. The first-order chi connectivity index (χ1) is 6.05. The van der Waals surface area contributed by atoms with Gasteiger partial charge >= 0.3 is 0 Å². The van der Waals surface area contributed by atoms with Crippen molar-refractivity contribution in [1.29, 1.82) is 0 Å². The van der Waals surface area contributed by atoms with Crippen molar-refractivity contribution in [1.82, 2.24) is 9.78 Å². The van der Waals surface area contributed by atoms with Gasteiger partial charge < -0.3 is 5.11 Å². The van der Waals surface area contributed by atoms with Crippen molar-refractivity contribution < 1.29 is 5.11 Å². The molecular weight excluding hydrogens is 164 g/mol. The van der Waals surface area contributed by atoms with Gasteiger partial charge in [0.25, 0.3) is 0 Å². The molecule has 0 unspecified atom stereocenters. The quantitative estimate of drug-likeness (QED) is 0.756. The average Bonchev–Trinajstić information content (AvgIpc) is 2.31. The summed E-state index contributed by atoms with van der Waals surface area (Å²) in [5.41, 5.74) is 0.528. The summed E-state index contributed by atoms with van der Waals surface area (Å²) in [4.78, 5) is 0. The molecule has 0 atom stereocenters. The fourth-order valence-electron chi connectivity index (χ4n) is 2.35. The molecule has 1 fully saturated rings. The van der Waals surface area contributed by atoms with Crippen molar-refractivity contribution in [2.24, 2.45) is 11.3 Å². The van der Waals surface area contributed by atoms with Crippen molar-refractivity contribution in [3.63, 3.8) is 0 Å². The van der Waals surface area contributed by atoms with E-state index in [-0.39, 0.29) is 5.75 Å². The van der Waals surface area contributed by atoms with E-state index in [1.54, 1.807) is 6.20 Å². The third kappa shape index (κ3) is 1.85. The first kappa shape index (κ1) is 8.60. The van der Waals surface area contributed by atoms with Crippen LogP contribution in [0.1, 0.15) is 26.7 Å². The Balaban J connectivity index is 1.87. The van der Waals surface area contributed by atoms with Crippen LogP contribution in [0.5, 0.6) is 5.75 Å². The summed E-state index contributed by atoms with van der Waals surface area (Å²) >= 11 is 0. The van der Waals surface area contributed by atoms with Gasteiger partial charge in [0.2, 0.25) is 0 Å². The van der Waals surface area contributed by atoms with Crippen molar-refractivity contribution in [2.75, 3.05) is 0 Å². The molecule has 1 N–H and O–H groups in total. The lowest BCUT2D eigenvalue weighted by molar-refractivity contribution is 0.0799. The molecule has 0 aromatic carbocycles. The van der Waals surface area contributed by atoms with Gasteiger partial charge in [0.05, 0.1) is 12.4 Å². The minimum absolute atomic E-state index is 0.263. The molecule has 3 nitrogen and oxygen atoms in total. The van der Waals surface area contributed by atoms with Gasteiger partial charge in [-0.3, -0.25) is 4.68 Å². The van der Waals surface area contributed by atoms with Gasteiger partial charge in [-0.25, -0.2) is 0 Å². The fraction of sp³-hybridized carbons (Fsp3) is 0.700. The van der Waals surface area contributed by atoms with E-state index in [1.165, 1.54) is 19.0 Å². The van der Waals surface area contributed by atoms with Gasteiger partial charge in [0.1, 0.15) is 0 Å². The highest BCUT2D eigenvalue weighted by molar-refractivity contribution is 5.08. The maximum absolute atomic E-state index is 9.08. The number of aromatic nitrogens is 2. The van der Waals surface area contributed by atoms with Crippen LogP contribution in [0.25, 0.3) is 0 Å². The maximum Gasteiger partial charge on any atom is 0.153 e. The molecule has 0 bridgehead atoms. The molecule has 0 aliphatic heterocycles. The Morgan fingerprint density at radius 3 is 2.77 bits per heavy atom. The van der Waals surface area contributed by atoms with E-state index in [0.29, 0.717) is 5.41 Å². The first-order valence-corrected chi connectivity index (χ1v) is 4.77. The van der Waals surface area contributed by atoms with Crippen molar-refractivity contribution >= 4 is 0 Å². The summed E-state index contributed by atoms with van der Waals surface area (Å²) in [6, 6.07) is 0. The highest BCUT2D eigenvalue weighted by Crippen LogP contribution is 2.45. The Bertz CT molecular complexity index is 296. The number of hydrogen-bond donors (Lipinski definition) is 1. The summed E-state index contributed by atoms with van der Waals surface area (Å²) in [6.45, 7) is 5.54. The molecule has 1 heterocycles. The molecule has 13 heavy (non-hydrogen) atoms. The van der Waals surface area contributed by atoms with Crippen LogP contribution in [0.3, 0.4) is 0 Å².